The molecule has 1 aliphatic rings. The van der Waals surface area contributed by atoms with Crippen molar-refractivity contribution in [2.75, 3.05) is 19.6 Å². The first kappa shape index (κ1) is 15.5. The van der Waals surface area contributed by atoms with Gasteiger partial charge in [0.05, 0.1) is 0 Å². The molecule has 2 heterocycles. The van der Waals surface area contributed by atoms with Gasteiger partial charge in [0.2, 0.25) is 0 Å². The zero-order chi connectivity index (χ0) is 15.4. The highest BCUT2D eigenvalue weighted by molar-refractivity contribution is 5.93. The van der Waals surface area contributed by atoms with Crippen LogP contribution in [0.5, 0.6) is 0 Å². The molecule has 116 valence electrons. The Balaban J connectivity index is 2.05. The summed E-state index contributed by atoms with van der Waals surface area (Å²) in [7, 11) is 0. The quantitative estimate of drug-likeness (QED) is 0.723. The van der Waals surface area contributed by atoms with Crippen LogP contribution >= 0.6 is 0 Å². The van der Waals surface area contributed by atoms with E-state index < -0.39 is 11.2 Å². The first-order valence-corrected chi connectivity index (χ1v) is 7.32. The van der Waals surface area contributed by atoms with E-state index in [1.807, 2.05) is 0 Å². The van der Waals surface area contributed by atoms with Crippen LogP contribution in [0.1, 0.15) is 37.0 Å². The zero-order valence-corrected chi connectivity index (χ0v) is 12.4. The van der Waals surface area contributed by atoms with Crippen LogP contribution in [0.15, 0.2) is 15.8 Å². The maximum atomic E-state index is 12.4. The Morgan fingerprint density at radius 1 is 1.48 bits per heavy atom. The molecule has 7 heteroatoms. The van der Waals surface area contributed by atoms with E-state index in [-0.39, 0.29) is 11.5 Å². The van der Waals surface area contributed by atoms with Crippen molar-refractivity contribution in [3.05, 3.63) is 32.6 Å². The summed E-state index contributed by atoms with van der Waals surface area (Å²) in [6.07, 6.45) is 3.20. The lowest BCUT2D eigenvalue weighted by Crippen LogP contribution is -2.45. The molecule has 0 radical (unpaired) electrons. The maximum Gasteiger partial charge on any atom is 0.325 e. The highest BCUT2D eigenvalue weighted by atomic mass is 16.2. The first-order valence-electron chi connectivity index (χ1n) is 7.32. The van der Waals surface area contributed by atoms with E-state index in [0.717, 1.165) is 19.4 Å². The van der Waals surface area contributed by atoms with Gasteiger partial charge in [-0.15, -0.1) is 0 Å². The number of rotatable bonds is 4. The zero-order valence-electron chi connectivity index (χ0n) is 12.4. The van der Waals surface area contributed by atoms with Crippen molar-refractivity contribution in [3.8, 4) is 0 Å². The normalized spacial score (nSPS) is 19.0. The summed E-state index contributed by atoms with van der Waals surface area (Å²) >= 11 is 0. The van der Waals surface area contributed by atoms with Crippen LogP contribution < -0.4 is 16.6 Å². The Kier molecular flexibility index (Phi) is 4.95. The molecule has 7 nitrogen and oxygen atoms in total. The number of hydrogen-bond donors (Lipinski definition) is 3. The molecule has 0 aliphatic carbocycles. The van der Waals surface area contributed by atoms with Crippen LogP contribution in [-0.4, -0.2) is 46.5 Å². The molecule has 1 amide bonds. The van der Waals surface area contributed by atoms with Crippen LogP contribution in [0, 0.1) is 5.92 Å². The van der Waals surface area contributed by atoms with Crippen LogP contribution in [-0.2, 0) is 0 Å². The van der Waals surface area contributed by atoms with Crippen LogP contribution in [0.3, 0.4) is 0 Å². The standard InChI is InChI=1S/C14H22N4O3/c1-9(2)15-6-10-4-3-5-18(8-10)13(20)11-7-16-14(21)17-12(11)19/h7,9-10,15H,3-6,8H2,1-2H3,(H2,16,17,19,21). The second-order valence-electron chi connectivity index (χ2n) is 5.81. The van der Waals surface area contributed by atoms with Gasteiger partial charge in [-0.05, 0) is 25.3 Å². The average Bonchev–Trinajstić information content (AvgIpc) is 2.45. The van der Waals surface area contributed by atoms with E-state index in [1.54, 1.807) is 4.90 Å². The molecule has 0 bridgehead atoms. The second kappa shape index (κ2) is 6.71. The number of piperidine rings is 1. The minimum Gasteiger partial charge on any atom is -0.338 e. The number of amides is 1. The molecule has 1 saturated heterocycles. The highest BCUT2D eigenvalue weighted by Crippen LogP contribution is 2.17. The van der Waals surface area contributed by atoms with E-state index in [4.69, 9.17) is 0 Å². The second-order valence-corrected chi connectivity index (χ2v) is 5.81. The number of carbonyl (C=O) groups excluding carboxylic acids is 1. The molecule has 1 fully saturated rings. The molecular formula is C14H22N4O3. The van der Waals surface area contributed by atoms with Gasteiger partial charge in [-0.2, -0.15) is 0 Å². The largest absolute Gasteiger partial charge is 0.338 e. The van der Waals surface area contributed by atoms with Crippen molar-refractivity contribution < 1.29 is 4.79 Å². The van der Waals surface area contributed by atoms with E-state index >= 15 is 0 Å². The summed E-state index contributed by atoms with van der Waals surface area (Å²) in [4.78, 5) is 41.2. The van der Waals surface area contributed by atoms with Gasteiger partial charge in [-0.1, -0.05) is 13.8 Å². The molecule has 3 N–H and O–H groups in total. The number of H-pyrrole nitrogens is 2. The van der Waals surface area contributed by atoms with Crippen LogP contribution in [0.2, 0.25) is 0 Å². The minimum absolute atomic E-state index is 0.00734. The molecule has 0 saturated carbocycles. The van der Waals surface area contributed by atoms with Crippen LogP contribution in [0.25, 0.3) is 0 Å². The Labute approximate surface area is 122 Å². The fourth-order valence-corrected chi connectivity index (χ4v) is 2.56. The van der Waals surface area contributed by atoms with Crippen molar-refractivity contribution in [2.45, 2.75) is 32.7 Å². The van der Waals surface area contributed by atoms with Gasteiger partial charge < -0.3 is 15.2 Å². The van der Waals surface area contributed by atoms with Crippen molar-refractivity contribution in [3.63, 3.8) is 0 Å². The van der Waals surface area contributed by atoms with Gasteiger partial charge in [-0.25, -0.2) is 4.79 Å². The van der Waals surface area contributed by atoms with Crippen LogP contribution in [0.4, 0.5) is 0 Å². The summed E-state index contributed by atoms with van der Waals surface area (Å²) in [5.74, 6) is 0.0775. The van der Waals surface area contributed by atoms with Gasteiger partial charge in [0.1, 0.15) is 5.56 Å². The predicted octanol–water partition coefficient (Wildman–Crippen LogP) is -0.0866. The smallest absolute Gasteiger partial charge is 0.325 e. The summed E-state index contributed by atoms with van der Waals surface area (Å²) in [5.41, 5.74) is -1.24. The van der Waals surface area contributed by atoms with Crippen molar-refractivity contribution in [1.29, 1.82) is 0 Å². The maximum absolute atomic E-state index is 12.4. The summed E-state index contributed by atoms with van der Waals surface area (Å²) in [6, 6.07) is 0.415. The van der Waals surface area contributed by atoms with Gasteiger partial charge >= 0.3 is 5.69 Å². The number of carbonyl (C=O) groups is 1. The molecule has 0 aromatic carbocycles. The number of hydrogen-bond acceptors (Lipinski definition) is 4. The van der Waals surface area contributed by atoms with Crippen molar-refractivity contribution in [1.82, 2.24) is 20.2 Å². The lowest BCUT2D eigenvalue weighted by Gasteiger charge is -2.33. The third-order valence-electron chi connectivity index (χ3n) is 3.67. The topological polar surface area (TPSA) is 98.1 Å². The molecule has 1 aliphatic heterocycles. The molecule has 1 unspecified atom stereocenters. The number of aromatic nitrogens is 2. The van der Waals surface area contributed by atoms with E-state index in [9.17, 15) is 14.4 Å². The van der Waals surface area contributed by atoms with E-state index in [0.29, 0.717) is 25.0 Å². The van der Waals surface area contributed by atoms with E-state index in [2.05, 4.69) is 29.1 Å². The SMILES string of the molecule is CC(C)NCC1CCCN(C(=O)c2c[nH]c(=O)[nH]c2=O)C1. The molecular weight excluding hydrogens is 272 g/mol. The summed E-state index contributed by atoms with van der Waals surface area (Å²) < 4.78 is 0. The highest BCUT2D eigenvalue weighted by Gasteiger charge is 2.26. The number of likely N-dealkylation sites (tertiary alicyclic amines) is 1. The lowest BCUT2D eigenvalue weighted by molar-refractivity contribution is 0.0670. The fourth-order valence-electron chi connectivity index (χ4n) is 2.56. The molecule has 1 aromatic heterocycles. The Hall–Kier alpha value is -1.89. The first-order chi connectivity index (χ1) is 9.97. The number of nitrogens with zero attached hydrogens (tertiary/aromatic N) is 1. The molecule has 0 spiro atoms. The molecule has 1 aromatic rings. The molecule has 1 atom stereocenters. The monoisotopic (exact) mass is 294 g/mol. The summed E-state index contributed by atoms with van der Waals surface area (Å²) in [6.45, 7) is 6.33. The van der Waals surface area contributed by atoms with Gasteiger partial charge in [0.15, 0.2) is 0 Å². The Morgan fingerprint density at radius 2 is 2.24 bits per heavy atom. The van der Waals surface area contributed by atoms with E-state index in [1.165, 1.54) is 6.20 Å². The number of nitrogens with one attached hydrogen (secondary N) is 3. The summed E-state index contributed by atoms with van der Waals surface area (Å²) in [5, 5.41) is 3.38. The average molecular weight is 294 g/mol. The third-order valence-corrected chi connectivity index (χ3v) is 3.67. The Bertz CT molecular complexity index is 605. The fraction of sp³-hybridized carbons (Fsp3) is 0.643. The lowest BCUT2D eigenvalue weighted by atomic mass is 9.97. The number of aromatic amines is 2. The molecule has 21 heavy (non-hydrogen) atoms. The van der Waals surface area contributed by atoms with Gasteiger partial charge in [0, 0.05) is 25.3 Å². The van der Waals surface area contributed by atoms with Gasteiger partial charge in [-0.3, -0.25) is 14.6 Å². The van der Waals surface area contributed by atoms with Crippen molar-refractivity contribution >= 4 is 5.91 Å². The predicted molar refractivity (Wildman–Crippen MR) is 79.4 cm³/mol. The molecule has 2 rings (SSSR count). The van der Waals surface area contributed by atoms with Crippen molar-refractivity contribution in [2.24, 2.45) is 5.92 Å². The minimum atomic E-state index is -0.633. The Morgan fingerprint density at radius 3 is 2.90 bits per heavy atom. The third kappa shape index (κ3) is 4.04. The van der Waals surface area contributed by atoms with Gasteiger partial charge in [0.25, 0.3) is 11.5 Å².